The van der Waals surface area contributed by atoms with Gasteiger partial charge >= 0.3 is 0 Å². The second kappa shape index (κ2) is 4.00. The standard InChI is InChI=1S/C10H18N4/c1-2-14-4-3-8(7-14)5-9-6-10(11)13-12-9/h6,8H,2-5,7H2,1H3,(H3,11,12,13). The number of nitrogen functional groups attached to an aromatic ring is 1. The highest BCUT2D eigenvalue weighted by Gasteiger charge is 2.21. The van der Waals surface area contributed by atoms with Crippen molar-refractivity contribution in [1.82, 2.24) is 15.1 Å². The number of nitrogens with one attached hydrogen (secondary N) is 1. The maximum atomic E-state index is 5.55. The Morgan fingerprint density at radius 3 is 3.14 bits per heavy atom. The van der Waals surface area contributed by atoms with Gasteiger partial charge in [0.15, 0.2) is 0 Å². The van der Waals surface area contributed by atoms with Crippen molar-refractivity contribution >= 4 is 5.82 Å². The summed E-state index contributed by atoms with van der Waals surface area (Å²) in [6, 6.07) is 1.94. The molecule has 1 saturated heterocycles. The minimum Gasteiger partial charge on any atom is -0.382 e. The molecule has 0 spiro atoms. The van der Waals surface area contributed by atoms with Crippen LogP contribution in [0, 0.1) is 5.92 Å². The normalized spacial score (nSPS) is 23.1. The molecule has 2 rings (SSSR count). The first kappa shape index (κ1) is 9.52. The van der Waals surface area contributed by atoms with Crippen LogP contribution in [0.2, 0.25) is 0 Å². The summed E-state index contributed by atoms with van der Waals surface area (Å²) in [4.78, 5) is 2.49. The molecule has 0 amide bonds. The van der Waals surface area contributed by atoms with Crippen LogP contribution in [0.25, 0.3) is 0 Å². The van der Waals surface area contributed by atoms with E-state index < -0.39 is 0 Å². The fraction of sp³-hybridized carbons (Fsp3) is 0.700. The number of nitrogens with zero attached hydrogens (tertiary/aromatic N) is 2. The highest BCUT2D eigenvalue weighted by atomic mass is 15.2. The minimum absolute atomic E-state index is 0.602. The number of likely N-dealkylation sites (tertiary alicyclic amines) is 1. The average molecular weight is 194 g/mol. The zero-order chi connectivity index (χ0) is 9.97. The highest BCUT2D eigenvalue weighted by Crippen LogP contribution is 2.19. The first-order chi connectivity index (χ1) is 6.78. The lowest BCUT2D eigenvalue weighted by Crippen LogP contribution is -2.20. The summed E-state index contributed by atoms with van der Waals surface area (Å²) in [6.07, 6.45) is 2.38. The van der Waals surface area contributed by atoms with Crippen molar-refractivity contribution in [2.45, 2.75) is 19.8 Å². The topological polar surface area (TPSA) is 57.9 Å². The predicted octanol–water partition coefficient (Wildman–Crippen LogP) is 0.876. The van der Waals surface area contributed by atoms with Crippen LogP contribution in [-0.2, 0) is 6.42 Å². The zero-order valence-electron chi connectivity index (χ0n) is 8.66. The molecule has 0 bridgehead atoms. The van der Waals surface area contributed by atoms with Crippen molar-refractivity contribution in [3.8, 4) is 0 Å². The summed E-state index contributed by atoms with van der Waals surface area (Å²) in [6.45, 7) is 5.85. The van der Waals surface area contributed by atoms with E-state index in [0.29, 0.717) is 5.82 Å². The number of nitrogens with two attached hydrogens (primary N) is 1. The number of aromatic nitrogens is 2. The lowest BCUT2D eigenvalue weighted by atomic mass is 10.0. The third-order valence-electron chi connectivity index (χ3n) is 2.98. The van der Waals surface area contributed by atoms with Gasteiger partial charge in [0.05, 0.1) is 0 Å². The van der Waals surface area contributed by atoms with E-state index in [0.717, 1.165) is 12.3 Å². The summed E-state index contributed by atoms with van der Waals surface area (Å²) >= 11 is 0. The summed E-state index contributed by atoms with van der Waals surface area (Å²) in [5.74, 6) is 1.38. The first-order valence-corrected chi connectivity index (χ1v) is 5.30. The molecular weight excluding hydrogens is 176 g/mol. The molecule has 1 fully saturated rings. The Labute approximate surface area is 84.5 Å². The van der Waals surface area contributed by atoms with E-state index in [1.165, 1.54) is 31.7 Å². The molecule has 1 aliphatic rings. The predicted molar refractivity (Wildman–Crippen MR) is 56.9 cm³/mol. The molecule has 1 aromatic heterocycles. The molecule has 1 unspecified atom stereocenters. The zero-order valence-corrected chi connectivity index (χ0v) is 8.66. The number of aromatic amines is 1. The molecule has 0 radical (unpaired) electrons. The Morgan fingerprint density at radius 2 is 2.57 bits per heavy atom. The third kappa shape index (κ3) is 2.07. The monoisotopic (exact) mass is 194 g/mol. The number of H-pyrrole nitrogens is 1. The maximum absolute atomic E-state index is 5.55. The Kier molecular flexibility index (Phi) is 2.72. The fourth-order valence-corrected chi connectivity index (χ4v) is 2.16. The number of hydrogen-bond acceptors (Lipinski definition) is 3. The van der Waals surface area contributed by atoms with Crippen LogP contribution >= 0.6 is 0 Å². The molecule has 1 aromatic rings. The fourth-order valence-electron chi connectivity index (χ4n) is 2.16. The summed E-state index contributed by atoms with van der Waals surface area (Å²) in [5.41, 5.74) is 6.73. The molecule has 4 heteroatoms. The van der Waals surface area contributed by atoms with E-state index in [-0.39, 0.29) is 0 Å². The molecule has 14 heavy (non-hydrogen) atoms. The second-order valence-corrected chi connectivity index (χ2v) is 4.07. The third-order valence-corrected chi connectivity index (χ3v) is 2.98. The van der Waals surface area contributed by atoms with Crippen LogP contribution in [-0.4, -0.2) is 34.7 Å². The Bertz CT molecular complexity index is 294. The Hall–Kier alpha value is -1.03. The van der Waals surface area contributed by atoms with Gasteiger partial charge in [0.1, 0.15) is 5.82 Å². The van der Waals surface area contributed by atoms with Gasteiger partial charge in [0, 0.05) is 18.3 Å². The van der Waals surface area contributed by atoms with Crippen LogP contribution in [0.3, 0.4) is 0 Å². The number of rotatable bonds is 3. The van der Waals surface area contributed by atoms with E-state index >= 15 is 0 Å². The van der Waals surface area contributed by atoms with Crippen LogP contribution < -0.4 is 5.73 Å². The summed E-state index contributed by atoms with van der Waals surface area (Å²) < 4.78 is 0. The quantitative estimate of drug-likeness (QED) is 0.751. The highest BCUT2D eigenvalue weighted by molar-refractivity contribution is 5.28. The van der Waals surface area contributed by atoms with Crippen molar-refractivity contribution < 1.29 is 0 Å². The molecule has 78 valence electrons. The van der Waals surface area contributed by atoms with E-state index in [4.69, 9.17) is 5.73 Å². The SMILES string of the molecule is CCN1CCC(Cc2cc(N)n[nH]2)C1. The maximum Gasteiger partial charge on any atom is 0.145 e. The minimum atomic E-state index is 0.602. The largest absolute Gasteiger partial charge is 0.382 e. The van der Waals surface area contributed by atoms with Gasteiger partial charge in [-0.3, -0.25) is 5.10 Å². The van der Waals surface area contributed by atoms with E-state index in [9.17, 15) is 0 Å². The van der Waals surface area contributed by atoms with E-state index in [2.05, 4.69) is 22.0 Å². The van der Waals surface area contributed by atoms with Gasteiger partial charge in [0.2, 0.25) is 0 Å². The summed E-state index contributed by atoms with van der Waals surface area (Å²) in [5, 5.41) is 6.91. The average Bonchev–Trinajstić information content (AvgIpc) is 2.76. The molecule has 1 aliphatic heterocycles. The van der Waals surface area contributed by atoms with Gasteiger partial charge in [-0.05, 0) is 31.8 Å². The summed E-state index contributed by atoms with van der Waals surface area (Å²) in [7, 11) is 0. The molecule has 0 aromatic carbocycles. The molecule has 4 nitrogen and oxygen atoms in total. The van der Waals surface area contributed by atoms with Crippen LogP contribution in [0.4, 0.5) is 5.82 Å². The molecule has 0 aliphatic carbocycles. The van der Waals surface area contributed by atoms with Crippen LogP contribution in [0.15, 0.2) is 6.07 Å². The van der Waals surface area contributed by atoms with E-state index in [1.807, 2.05) is 6.07 Å². The van der Waals surface area contributed by atoms with Crippen molar-refractivity contribution in [1.29, 1.82) is 0 Å². The van der Waals surface area contributed by atoms with Crippen LogP contribution in [0.1, 0.15) is 19.0 Å². The number of anilines is 1. The van der Waals surface area contributed by atoms with Crippen molar-refractivity contribution in [3.63, 3.8) is 0 Å². The van der Waals surface area contributed by atoms with E-state index in [1.54, 1.807) is 0 Å². The smallest absolute Gasteiger partial charge is 0.145 e. The Morgan fingerprint density at radius 1 is 1.71 bits per heavy atom. The number of hydrogen-bond donors (Lipinski definition) is 2. The van der Waals surface area contributed by atoms with Crippen molar-refractivity contribution in [3.05, 3.63) is 11.8 Å². The van der Waals surface area contributed by atoms with Gasteiger partial charge in [-0.15, -0.1) is 0 Å². The van der Waals surface area contributed by atoms with Gasteiger partial charge in [-0.25, -0.2) is 0 Å². The Balaban J connectivity index is 1.87. The van der Waals surface area contributed by atoms with Gasteiger partial charge in [-0.1, -0.05) is 6.92 Å². The second-order valence-electron chi connectivity index (χ2n) is 4.07. The van der Waals surface area contributed by atoms with Crippen molar-refractivity contribution in [2.24, 2.45) is 5.92 Å². The van der Waals surface area contributed by atoms with Gasteiger partial charge in [0.25, 0.3) is 0 Å². The van der Waals surface area contributed by atoms with Crippen LogP contribution in [0.5, 0.6) is 0 Å². The van der Waals surface area contributed by atoms with Crippen molar-refractivity contribution in [2.75, 3.05) is 25.4 Å². The lowest BCUT2D eigenvalue weighted by Gasteiger charge is -2.12. The van der Waals surface area contributed by atoms with Gasteiger partial charge in [-0.2, -0.15) is 5.10 Å². The molecule has 0 saturated carbocycles. The molecule has 2 heterocycles. The van der Waals surface area contributed by atoms with Gasteiger partial charge < -0.3 is 10.6 Å². The lowest BCUT2D eigenvalue weighted by molar-refractivity contribution is 0.341. The molecule has 3 N–H and O–H groups in total. The molecule has 1 atom stereocenters. The molecular formula is C10H18N4. The first-order valence-electron chi connectivity index (χ1n) is 5.30.